The first kappa shape index (κ1) is 19.9. The average Bonchev–Trinajstić information content (AvgIpc) is 2.66. The summed E-state index contributed by atoms with van der Waals surface area (Å²) in [6.45, 7) is 2.08. The molecule has 0 saturated heterocycles. The molecule has 2 rings (SSSR count). The molecule has 0 saturated carbocycles. The smallest absolute Gasteiger partial charge is 0.337 e. The molecule has 0 spiro atoms. The fourth-order valence-corrected chi connectivity index (χ4v) is 2.69. The molecule has 4 N–H and O–H groups in total. The Balaban J connectivity index is 1.88. The van der Waals surface area contributed by atoms with Gasteiger partial charge in [-0.2, -0.15) is 0 Å². The van der Waals surface area contributed by atoms with Gasteiger partial charge in [0, 0.05) is 18.2 Å². The van der Waals surface area contributed by atoms with Crippen molar-refractivity contribution in [1.29, 1.82) is 0 Å². The summed E-state index contributed by atoms with van der Waals surface area (Å²) >= 11 is 0. The van der Waals surface area contributed by atoms with Crippen LogP contribution in [0.15, 0.2) is 42.5 Å². The quantitative estimate of drug-likeness (QED) is 0.538. The van der Waals surface area contributed by atoms with Gasteiger partial charge in [0.25, 0.3) is 0 Å². The van der Waals surface area contributed by atoms with Crippen LogP contribution in [0.5, 0.6) is 5.75 Å². The minimum absolute atomic E-state index is 0.0141. The molecule has 0 aliphatic rings. The minimum atomic E-state index is -0.745. The van der Waals surface area contributed by atoms with Gasteiger partial charge in [-0.15, -0.1) is 0 Å². The summed E-state index contributed by atoms with van der Waals surface area (Å²) < 4.78 is 4.68. The van der Waals surface area contributed by atoms with Gasteiger partial charge in [-0.1, -0.05) is 18.2 Å². The standard InChI is InChI=1S/C20H25NO5/c1-13(9-14-3-5-15(6-4-14)20(25)26-2)21-11-19(24)16-7-8-18(23)17(10-16)12-22/h3-8,10,13,19,21-24H,9,11-12H2,1-2H3/t13-,19?/m0/s1. The molecule has 0 heterocycles. The number of hydrogen-bond acceptors (Lipinski definition) is 6. The van der Waals surface area contributed by atoms with E-state index in [2.05, 4.69) is 10.1 Å². The molecular formula is C20H25NO5. The number of carbonyl (C=O) groups is 1. The van der Waals surface area contributed by atoms with E-state index in [0.29, 0.717) is 23.2 Å². The Morgan fingerprint density at radius 1 is 1.19 bits per heavy atom. The Labute approximate surface area is 153 Å². The number of nitrogens with one attached hydrogen (secondary N) is 1. The van der Waals surface area contributed by atoms with Gasteiger partial charge in [0.05, 0.1) is 25.4 Å². The van der Waals surface area contributed by atoms with Gasteiger partial charge in [0.15, 0.2) is 0 Å². The molecule has 6 heteroatoms. The van der Waals surface area contributed by atoms with Crippen LogP contribution in [0.4, 0.5) is 0 Å². The molecule has 2 aromatic carbocycles. The zero-order valence-electron chi connectivity index (χ0n) is 15.0. The molecule has 140 valence electrons. The number of phenols is 1. The van der Waals surface area contributed by atoms with Crippen molar-refractivity contribution < 1.29 is 24.9 Å². The lowest BCUT2D eigenvalue weighted by Crippen LogP contribution is -2.32. The Kier molecular flexibility index (Phi) is 7.15. The predicted octanol–water partition coefficient (Wildman–Crippen LogP) is 1.93. The fourth-order valence-electron chi connectivity index (χ4n) is 2.69. The second-order valence-corrected chi connectivity index (χ2v) is 6.26. The maximum atomic E-state index is 11.4. The van der Waals surface area contributed by atoms with Gasteiger partial charge in [0.1, 0.15) is 5.75 Å². The number of benzene rings is 2. The van der Waals surface area contributed by atoms with Crippen molar-refractivity contribution >= 4 is 5.97 Å². The van der Waals surface area contributed by atoms with Crippen LogP contribution in [0.2, 0.25) is 0 Å². The van der Waals surface area contributed by atoms with Gasteiger partial charge in [-0.05, 0) is 48.7 Å². The lowest BCUT2D eigenvalue weighted by Gasteiger charge is -2.18. The van der Waals surface area contributed by atoms with E-state index in [9.17, 15) is 20.1 Å². The Morgan fingerprint density at radius 2 is 1.88 bits per heavy atom. The normalized spacial score (nSPS) is 13.2. The van der Waals surface area contributed by atoms with E-state index in [1.54, 1.807) is 24.3 Å². The molecule has 2 atom stereocenters. The third-order valence-electron chi connectivity index (χ3n) is 4.24. The highest BCUT2D eigenvalue weighted by molar-refractivity contribution is 5.89. The molecule has 0 aliphatic heterocycles. The average molecular weight is 359 g/mol. The highest BCUT2D eigenvalue weighted by Gasteiger charge is 2.12. The lowest BCUT2D eigenvalue weighted by molar-refractivity contribution is 0.0600. The second kappa shape index (κ2) is 9.33. The number of hydrogen-bond donors (Lipinski definition) is 4. The van der Waals surface area contributed by atoms with E-state index < -0.39 is 6.10 Å². The van der Waals surface area contributed by atoms with Crippen LogP contribution < -0.4 is 5.32 Å². The molecule has 0 aromatic heterocycles. The first-order valence-electron chi connectivity index (χ1n) is 8.46. The topological polar surface area (TPSA) is 99.0 Å². The van der Waals surface area contributed by atoms with Gasteiger partial charge in [0.2, 0.25) is 0 Å². The van der Waals surface area contributed by atoms with Crippen LogP contribution in [0.1, 0.15) is 40.1 Å². The van der Waals surface area contributed by atoms with E-state index in [1.165, 1.54) is 13.2 Å². The zero-order valence-corrected chi connectivity index (χ0v) is 15.0. The molecule has 0 amide bonds. The van der Waals surface area contributed by atoms with Gasteiger partial charge < -0.3 is 25.4 Å². The molecule has 0 aliphatic carbocycles. The van der Waals surface area contributed by atoms with E-state index in [1.807, 2.05) is 19.1 Å². The summed E-state index contributed by atoms with van der Waals surface area (Å²) in [5.74, 6) is -0.345. The summed E-state index contributed by atoms with van der Waals surface area (Å²) in [6, 6.07) is 12.0. The highest BCUT2D eigenvalue weighted by atomic mass is 16.5. The van der Waals surface area contributed by atoms with Crippen LogP contribution in [0.25, 0.3) is 0 Å². The maximum absolute atomic E-state index is 11.4. The van der Waals surface area contributed by atoms with Gasteiger partial charge >= 0.3 is 5.97 Å². The van der Waals surface area contributed by atoms with Crippen LogP contribution in [0, 0.1) is 0 Å². The summed E-state index contributed by atoms with van der Waals surface area (Å²) in [5.41, 5.74) is 2.60. The fraction of sp³-hybridized carbons (Fsp3) is 0.350. The molecule has 0 bridgehead atoms. The number of rotatable bonds is 8. The number of esters is 1. The molecule has 26 heavy (non-hydrogen) atoms. The van der Waals surface area contributed by atoms with E-state index >= 15 is 0 Å². The van der Waals surface area contributed by atoms with Crippen molar-refractivity contribution in [3.63, 3.8) is 0 Å². The Morgan fingerprint density at radius 3 is 2.50 bits per heavy atom. The summed E-state index contributed by atoms with van der Waals surface area (Å²) in [5, 5.41) is 32.3. The minimum Gasteiger partial charge on any atom is -0.508 e. The van der Waals surface area contributed by atoms with Crippen molar-refractivity contribution in [3.8, 4) is 5.75 Å². The lowest BCUT2D eigenvalue weighted by atomic mass is 10.0. The maximum Gasteiger partial charge on any atom is 0.337 e. The number of aliphatic hydroxyl groups excluding tert-OH is 2. The molecule has 0 radical (unpaired) electrons. The van der Waals surface area contributed by atoms with Crippen LogP contribution in [-0.4, -0.2) is 41.0 Å². The van der Waals surface area contributed by atoms with E-state index in [-0.39, 0.29) is 24.4 Å². The summed E-state index contributed by atoms with van der Waals surface area (Å²) in [6.07, 6.45) is -0.00362. The molecule has 6 nitrogen and oxygen atoms in total. The van der Waals surface area contributed by atoms with Crippen LogP contribution >= 0.6 is 0 Å². The second-order valence-electron chi connectivity index (χ2n) is 6.26. The van der Waals surface area contributed by atoms with Crippen LogP contribution in [0.3, 0.4) is 0 Å². The van der Waals surface area contributed by atoms with Gasteiger partial charge in [-0.3, -0.25) is 0 Å². The zero-order chi connectivity index (χ0) is 19.1. The Hall–Kier alpha value is -2.41. The van der Waals surface area contributed by atoms with Crippen molar-refractivity contribution in [2.45, 2.75) is 32.1 Å². The molecular weight excluding hydrogens is 334 g/mol. The summed E-state index contributed by atoms with van der Waals surface area (Å²) in [7, 11) is 1.35. The molecule has 1 unspecified atom stereocenters. The first-order valence-corrected chi connectivity index (χ1v) is 8.46. The number of carbonyl (C=O) groups excluding carboxylic acids is 1. The number of ether oxygens (including phenoxy) is 1. The molecule has 2 aromatic rings. The first-order chi connectivity index (χ1) is 12.4. The highest BCUT2D eigenvalue weighted by Crippen LogP contribution is 2.22. The monoisotopic (exact) mass is 359 g/mol. The summed E-state index contributed by atoms with van der Waals surface area (Å²) in [4.78, 5) is 11.4. The van der Waals surface area contributed by atoms with E-state index in [4.69, 9.17) is 0 Å². The predicted molar refractivity (Wildman–Crippen MR) is 97.9 cm³/mol. The molecule has 0 fully saturated rings. The third kappa shape index (κ3) is 5.29. The van der Waals surface area contributed by atoms with E-state index in [0.717, 1.165) is 12.0 Å². The largest absolute Gasteiger partial charge is 0.508 e. The number of methoxy groups -OCH3 is 1. The van der Waals surface area contributed by atoms with Crippen molar-refractivity contribution in [1.82, 2.24) is 5.32 Å². The van der Waals surface area contributed by atoms with Crippen molar-refractivity contribution in [2.24, 2.45) is 0 Å². The van der Waals surface area contributed by atoms with Crippen molar-refractivity contribution in [2.75, 3.05) is 13.7 Å². The SMILES string of the molecule is COC(=O)c1ccc(C[C@H](C)NCC(O)c2ccc(O)c(CO)c2)cc1. The number of aliphatic hydroxyl groups is 2. The number of aromatic hydroxyl groups is 1. The Bertz CT molecular complexity index is 729. The third-order valence-corrected chi connectivity index (χ3v) is 4.24. The van der Waals surface area contributed by atoms with Gasteiger partial charge in [-0.25, -0.2) is 4.79 Å². The van der Waals surface area contributed by atoms with Crippen molar-refractivity contribution in [3.05, 3.63) is 64.7 Å². The van der Waals surface area contributed by atoms with Crippen LogP contribution in [-0.2, 0) is 17.8 Å².